The smallest absolute Gasteiger partial charge is 0.231 e. The Balaban J connectivity index is 1.73. The molecule has 3 rings (SSSR count). The van der Waals surface area contributed by atoms with E-state index in [0.29, 0.717) is 12.3 Å². The molecule has 1 unspecified atom stereocenters. The summed E-state index contributed by atoms with van der Waals surface area (Å²) in [5, 5.41) is 17.2. The number of aromatic nitrogens is 2. The van der Waals surface area contributed by atoms with Crippen molar-refractivity contribution >= 4 is 0 Å². The van der Waals surface area contributed by atoms with Crippen LogP contribution in [0.3, 0.4) is 0 Å². The zero-order valence-electron chi connectivity index (χ0n) is 10.7. The Morgan fingerprint density at radius 1 is 1.32 bits per heavy atom. The molecule has 2 aromatic rings. The molecule has 1 aliphatic heterocycles. The second-order valence-corrected chi connectivity index (χ2v) is 4.85. The maximum Gasteiger partial charge on any atom is 0.231 e. The minimum absolute atomic E-state index is 0.204. The maximum atomic E-state index is 9.73. The largest absolute Gasteiger partial charge is 0.508 e. The zero-order valence-corrected chi connectivity index (χ0v) is 10.7. The van der Waals surface area contributed by atoms with Gasteiger partial charge in [-0.1, -0.05) is 29.8 Å². The molecule has 1 aliphatic rings. The first-order valence-electron chi connectivity index (χ1n) is 6.65. The summed E-state index contributed by atoms with van der Waals surface area (Å²) >= 11 is 0. The van der Waals surface area contributed by atoms with E-state index in [1.165, 1.54) is 12.8 Å². The lowest BCUT2D eigenvalue weighted by atomic mass is 10.0. The van der Waals surface area contributed by atoms with Gasteiger partial charge in [-0.25, -0.2) is 0 Å². The van der Waals surface area contributed by atoms with Gasteiger partial charge in [0.15, 0.2) is 5.82 Å². The van der Waals surface area contributed by atoms with Crippen molar-refractivity contribution in [3.63, 3.8) is 0 Å². The van der Waals surface area contributed by atoms with Crippen LogP contribution in [0.2, 0.25) is 0 Å². The van der Waals surface area contributed by atoms with E-state index in [1.807, 2.05) is 12.1 Å². The minimum atomic E-state index is 0.204. The number of nitrogens with one attached hydrogen (secondary N) is 1. The highest BCUT2D eigenvalue weighted by atomic mass is 16.5. The third-order valence-corrected chi connectivity index (χ3v) is 3.44. The lowest BCUT2D eigenvalue weighted by Gasteiger charge is -2.19. The van der Waals surface area contributed by atoms with E-state index in [1.54, 1.807) is 12.1 Å². The first-order chi connectivity index (χ1) is 9.33. The average molecular weight is 259 g/mol. The van der Waals surface area contributed by atoms with Crippen molar-refractivity contribution in [3.8, 4) is 5.75 Å². The summed E-state index contributed by atoms with van der Waals surface area (Å²) in [7, 11) is 0. The van der Waals surface area contributed by atoms with Gasteiger partial charge in [0, 0.05) is 5.56 Å². The van der Waals surface area contributed by atoms with Gasteiger partial charge in [-0.2, -0.15) is 4.98 Å². The molecule has 2 heterocycles. The predicted molar refractivity (Wildman–Crippen MR) is 69.8 cm³/mol. The van der Waals surface area contributed by atoms with E-state index < -0.39 is 0 Å². The lowest BCUT2D eigenvalue weighted by Crippen LogP contribution is -2.27. The molecule has 0 aliphatic carbocycles. The highest BCUT2D eigenvalue weighted by Crippen LogP contribution is 2.22. The van der Waals surface area contributed by atoms with Gasteiger partial charge in [0.05, 0.1) is 12.5 Å². The van der Waals surface area contributed by atoms with E-state index in [2.05, 4.69) is 15.5 Å². The Morgan fingerprint density at radius 3 is 3.00 bits per heavy atom. The van der Waals surface area contributed by atoms with E-state index >= 15 is 0 Å². The molecule has 0 spiro atoms. The number of phenolic OH excluding ortho intramolecular Hbond substituents is 1. The number of benzene rings is 1. The molecule has 19 heavy (non-hydrogen) atoms. The van der Waals surface area contributed by atoms with Gasteiger partial charge < -0.3 is 14.9 Å². The molecule has 1 saturated heterocycles. The van der Waals surface area contributed by atoms with Gasteiger partial charge in [-0.15, -0.1) is 0 Å². The van der Waals surface area contributed by atoms with Crippen LogP contribution in [0, 0.1) is 0 Å². The van der Waals surface area contributed by atoms with Crippen LogP contribution >= 0.6 is 0 Å². The second-order valence-electron chi connectivity index (χ2n) is 4.85. The summed E-state index contributed by atoms with van der Waals surface area (Å²) in [4.78, 5) is 4.42. The molecule has 1 aromatic heterocycles. The summed E-state index contributed by atoms with van der Waals surface area (Å²) < 4.78 is 5.26. The molecule has 1 atom stereocenters. The van der Waals surface area contributed by atoms with Crippen molar-refractivity contribution in [2.24, 2.45) is 0 Å². The number of phenols is 1. The third kappa shape index (κ3) is 2.76. The standard InChI is InChI=1S/C14H17N3O2/c18-12-7-2-1-5-10(12)9-13-16-14(17-19-13)11-6-3-4-8-15-11/h1-2,5,7,11,15,18H,3-4,6,8-9H2. The van der Waals surface area contributed by atoms with Crippen molar-refractivity contribution in [2.45, 2.75) is 31.7 Å². The maximum absolute atomic E-state index is 9.73. The van der Waals surface area contributed by atoms with Gasteiger partial charge in [0.25, 0.3) is 0 Å². The Labute approximate surface area is 111 Å². The summed E-state index contributed by atoms with van der Waals surface area (Å²) in [6.07, 6.45) is 3.92. The van der Waals surface area contributed by atoms with Crippen molar-refractivity contribution in [1.29, 1.82) is 0 Å². The number of piperidine rings is 1. The molecule has 0 radical (unpaired) electrons. The number of aromatic hydroxyl groups is 1. The Bertz CT molecular complexity index is 547. The highest BCUT2D eigenvalue weighted by Gasteiger charge is 2.20. The molecule has 100 valence electrons. The first-order valence-corrected chi connectivity index (χ1v) is 6.65. The highest BCUT2D eigenvalue weighted by molar-refractivity contribution is 5.33. The molecule has 1 aromatic carbocycles. The molecular weight excluding hydrogens is 242 g/mol. The monoisotopic (exact) mass is 259 g/mol. The molecule has 5 heteroatoms. The number of hydrogen-bond acceptors (Lipinski definition) is 5. The third-order valence-electron chi connectivity index (χ3n) is 3.44. The quantitative estimate of drug-likeness (QED) is 0.884. The average Bonchev–Trinajstić information content (AvgIpc) is 2.91. The minimum Gasteiger partial charge on any atom is -0.508 e. The number of nitrogens with zero attached hydrogens (tertiary/aromatic N) is 2. The first kappa shape index (κ1) is 12.2. The van der Waals surface area contributed by atoms with Crippen LogP contribution < -0.4 is 5.32 Å². The topological polar surface area (TPSA) is 71.2 Å². The summed E-state index contributed by atoms with van der Waals surface area (Å²) in [6, 6.07) is 7.41. The fraction of sp³-hybridized carbons (Fsp3) is 0.429. The van der Waals surface area contributed by atoms with E-state index in [4.69, 9.17) is 4.52 Å². The summed E-state index contributed by atoms with van der Waals surface area (Å²) in [6.45, 7) is 1.01. The molecule has 1 fully saturated rings. The zero-order chi connectivity index (χ0) is 13.1. The van der Waals surface area contributed by atoms with Crippen LogP contribution in [0.25, 0.3) is 0 Å². The van der Waals surface area contributed by atoms with Crippen molar-refractivity contribution in [1.82, 2.24) is 15.5 Å². The van der Waals surface area contributed by atoms with E-state index in [9.17, 15) is 5.11 Å². The second kappa shape index (κ2) is 5.40. The number of rotatable bonds is 3. The molecule has 0 amide bonds. The van der Waals surface area contributed by atoms with Crippen LogP contribution in [0.1, 0.15) is 42.6 Å². The van der Waals surface area contributed by atoms with Crippen molar-refractivity contribution < 1.29 is 9.63 Å². The number of hydrogen-bond donors (Lipinski definition) is 2. The van der Waals surface area contributed by atoms with Crippen LogP contribution in [0.4, 0.5) is 0 Å². The van der Waals surface area contributed by atoms with Crippen molar-refractivity contribution in [2.75, 3.05) is 6.54 Å². The van der Waals surface area contributed by atoms with E-state index in [-0.39, 0.29) is 11.8 Å². The molecular formula is C14H17N3O2. The van der Waals surface area contributed by atoms with Gasteiger partial charge >= 0.3 is 0 Å². The van der Waals surface area contributed by atoms with Crippen LogP contribution in [0.5, 0.6) is 5.75 Å². The normalized spacial score (nSPS) is 19.5. The number of para-hydroxylation sites is 1. The fourth-order valence-electron chi connectivity index (χ4n) is 2.38. The van der Waals surface area contributed by atoms with E-state index in [0.717, 1.165) is 24.4 Å². The fourth-order valence-corrected chi connectivity index (χ4v) is 2.38. The Kier molecular flexibility index (Phi) is 3.46. The Morgan fingerprint density at radius 2 is 2.21 bits per heavy atom. The van der Waals surface area contributed by atoms with Gasteiger partial charge in [-0.3, -0.25) is 0 Å². The molecule has 2 N–H and O–H groups in total. The van der Waals surface area contributed by atoms with Gasteiger partial charge in [0.2, 0.25) is 5.89 Å². The van der Waals surface area contributed by atoms with Crippen LogP contribution in [0.15, 0.2) is 28.8 Å². The van der Waals surface area contributed by atoms with Crippen molar-refractivity contribution in [3.05, 3.63) is 41.5 Å². The van der Waals surface area contributed by atoms with Crippen LogP contribution in [-0.4, -0.2) is 21.8 Å². The summed E-state index contributed by atoms with van der Waals surface area (Å²) in [5.74, 6) is 1.53. The molecule has 0 saturated carbocycles. The molecule has 0 bridgehead atoms. The predicted octanol–water partition coefficient (Wildman–Crippen LogP) is 2.18. The SMILES string of the molecule is Oc1ccccc1Cc1nc(C2CCCCN2)no1. The van der Waals surface area contributed by atoms with Crippen LogP contribution in [-0.2, 0) is 6.42 Å². The summed E-state index contributed by atoms with van der Waals surface area (Å²) in [5.41, 5.74) is 0.800. The molecule has 5 nitrogen and oxygen atoms in total. The van der Waals surface area contributed by atoms with Gasteiger partial charge in [-0.05, 0) is 25.5 Å². The Hall–Kier alpha value is -1.88. The lowest BCUT2D eigenvalue weighted by molar-refractivity contribution is 0.351. The van der Waals surface area contributed by atoms with Gasteiger partial charge in [0.1, 0.15) is 5.75 Å².